The molecule has 7 nitrogen and oxygen atoms in total. The number of nitriles is 1. The van der Waals surface area contributed by atoms with E-state index in [4.69, 9.17) is 4.74 Å². The summed E-state index contributed by atoms with van der Waals surface area (Å²) in [6.45, 7) is 5.36. The molecule has 3 unspecified atom stereocenters. The molecule has 1 aliphatic heterocycles. The van der Waals surface area contributed by atoms with E-state index < -0.39 is 35.5 Å². The summed E-state index contributed by atoms with van der Waals surface area (Å²) in [6, 6.07) is 12.7. The monoisotopic (exact) mass is 526 g/mol. The van der Waals surface area contributed by atoms with E-state index >= 15 is 0 Å². The molecule has 2 aromatic rings. The Labute approximate surface area is 223 Å². The largest absolute Gasteiger partial charge is 0.444 e. The predicted octanol–water partition coefficient (Wildman–Crippen LogP) is 4.70. The third-order valence-corrected chi connectivity index (χ3v) is 6.91. The predicted molar refractivity (Wildman–Crippen MR) is 143 cm³/mol. The lowest BCUT2D eigenvalue weighted by Gasteiger charge is -2.35. The van der Waals surface area contributed by atoms with E-state index in [0.29, 0.717) is 11.1 Å². The molecule has 1 saturated carbocycles. The molecule has 37 heavy (non-hydrogen) atoms. The quantitative estimate of drug-likeness (QED) is 0.490. The van der Waals surface area contributed by atoms with Crippen molar-refractivity contribution in [2.45, 2.75) is 75.1 Å². The van der Waals surface area contributed by atoms with E-state index in [1.54, 1.807) is 32.9 Å². The Morgan fingerprint density at radius 2 is 1.84 bits per heavy atom. The van der Waals surface area contributed by atoms with Gasteiger partial charge in [-0.15, -0.1) is 12.6 Å². The topological polar surface area (TPSA) is 108 Å². The van der Waals surface area contributed by atoms with E-state index in [1.807, 2.05) is 24.3 Å². The molecule has 2 fully saturated rings. The number of hydrogen-bond donors (Lipinski definition) is 3. The van der Waals surface area contributed by atoms with Crippen molar-refractivity contribution in [1.82, 2.24) is 10.2 Å². The zero-order valence-electron chi connectivity index (χ0n) is 21.7. The van der Waals surface area contributed by atoms with Gasteiger partial charge in [0, 0.05) is 17.4 Å². The van der Waals surface area contributed by atoms with Gasteiger partial charge < -0.3 is 15.8 Å². The van der Waals surface area contributed by atoms with Crippen molar-refractivity contribution >= 4 is 24.6 Å². The number of piperidine rings is 1. The molecule has 2 amide bonds. The van der Waals surface area contributed by atoms with Gasteiger partial charge in [-0.1, -0.05) is 24.3 Å². The van der Waals surface area contributed by atoms with Crippen LogP contribution in [0.3, 0.4) is 0 Å². The minimum Gasteiger partial charge on any atom is -0.444 e. The van der Waals surface area contributed by atoms with E-state index in [1.165, 1.54) is 18.0 Å². The second kappa shape index (κ2) is 12.0. The van der Waals surface area contributed by atoms with Gasteiger partial charge in [-0.3, -0.25) is 9.69 Å². The van der Waals surface area contributed by atoms with Crippen molar-refractivity contribution in [3.63, 3.8) is 0 Å². The summed E-state index contributed by atoms with van der Waals surface area (Å²) in [5.74, 6) is -0.799. The van der Waals surface area contributed by atoms with Gasteiger partial charge in [0.2, 0.25) is 5.91 Å². The van der Waals surface area contributed by atoms with Gasteiger partial charge in [0.05, 0.1) is 6.07 Å². The zero-order chi connectivity index (χ0) is 27.3. The fourth-order valence-electron chi connectivity index (χ4n) is 5.06. The number of benzene rings is 2. The molecular weight excluding hydrogens is 491 g/mol. The SMILES string of the molecule is CC(C)(C)OC(=O)N1C2CCC(C2)[C@H]1C(=O)NC(C#N)Cc1ccc(-c2ccc(S)cc2)cc1F.CN. The fourth-order valence-corrected chi connectivity index (χ4v) is 5.20. The lowest BCUT2D eigenvalue weighted by molar-refractivity contribution is -0.128. The Hall–Kier alpha value is -3.09. The molecular formula is C28H35FN4O3S. The summed E-state index contributed by atoms with van der Waals surface area (Å²) < 4.78 is 20.4. The number of thiol groups is 1. The molecule has 0 radical (unpaired) electrons. The van der Waals surface area contributed by atoms with Gasteiger partial charge in [-0.2, -0.15) is 5.26 Å². The van der Waals surface area contributed by atoms with Gasteiger partial charge in [0.1, 0.15) is 23.5 Å². The van der Waals surface area contributed by atoms with Crippen LogP contribution in [0.1, 0.15) is 45.6 Å². The van der Waals surface area contributed by atoms with Crippen LogP contribution in [-0.2, 0) is 16.0 Å². The normalized spacial score (nSPS) is 20.9. The highest BCUT2D eigenvalue weighted by molar-refractivity contribution is 7.80. The molecule has 0 aromatic heterocycles. The minimum absolute atomic E-state index is 0.0250. The first-order valence-corrected chi connectivity index (χ1v) is 12.9. The average Bonchev–Trinajstić information content (AvgIpc) is 3.47. The number of likely N-dealkylation sites (tertiary alicyclic amines) is 1. The number of nitrogens with two attached hydrogens (primary N) is 1. The van der Waals surface area contributed by atoms with Crippen LogP contribution in [0.25, 0.3) is 11.1 Å². The average molecular weight is 527 g/mol. The number of ether oxygens (including phenoxy) is 1. The van der Waals surface area contributed by atoms with Crippen LogP contribution >= 0.6 is 12.6 Å². The first-order valence-electron chi connectivity index (χ1n) is 12.4. The summed E-state index contributed by atoms with van der Waals surface area (Å²) in [7, 11) is 1.50. The zero-order valence-corrected chi connectivity index (χ0v) is 22.6. The van der Waals surface area contributed by atoms with Crippen LogP contribution < -0.4 is 11.1 Å². The van der Waals surface area contributed by atoms with Gasteiger partial charge in [-0.25, -0.2) is 9.18 Å². The van der Waals surface area contributed by atoms with Crippen LogP contribution in [0.5, 0.6) is 0 Å². The molecule has 2 aliphatic rings. The summed E-state index contributed by atoms with van der Waals surface area (Å²) in [6.07, 6.45) is 1.95. The molecule has 2 bridgehead atoms. The molecule has 1 saturated heterocycles. The van der Waals surface area contributed by atoms with Gasteiger partial charge in [-0.05, 0) is 87.9 Å². The first kappa shape index (κ1) is 28.5. The number of halogens is 1. The number of fused-ring (bicyclic) bond motifs is 2. The molecule has 1 heterocycles. The van der Waals surface area contributed by atoms with E-state index in [0.717, 1.165) is 29.7 Å². The Bertz CT molecular complexity index is 1160. The summed E-state index contributed by atoms with van der Waals surface area (Å²) in [5.41, 5.74) is 5.74. The van der Waals surface area contributed by atoms with Crippen molar-refractivity contribution < 1.29 is 18.7 Å². The maximum Gasteiger partial charge on any atom is 0.411 e. The maximum atomic E-state index is 14.9. The summed E-state index contributed by atoms with van der Waals surface area (Å²) in [4.78, 5) is 28.4. The molecule has 4 atom stereocenters. The third kappa shape index (κ3) is 6.82. The Morgan fingerprint density at radius 3 is 2.43 bits per heavy atom. The van der Waals surface area contributed by atoms with Crippen LogP contribution in [0, 0.1) is 23.1 Å². The number of nitrogens with one attached hydrogen (secondary N) is 1. The van der Waals surface area contributed by atoms with Crippen molar-refractivity contribution in [3.8, 4) is 17.2 Å². The molecule has 2 aromatic carbocycles. The molecule has 9 heteroatoms. The van der Waals surface area contributed by atoms with Gasteiger partial charge in [0.25, 0.3) is 0 Å². The van der Waals surface area contributed by atoms with E-state index in [-0.39, 0.29) is 18.4 Å². The third-order valence-electron chi connectivity index (χ3n) is 6.61. The van der Waals surface area contributed by atoms with Gasteiger partial charge in [0.15, 0.2) is 0 Å². The van der Waals surface area contributed by atoms with Crippen LogP contribution in [0.15, 0.2) is 47.4 Å². The number of hydrogen-bond acceptors (Lipinski definition) is 6. The Morgan fingerprint density at radius 1 is 1.19 bits per heavy atom. The number of carbonyl (C=O) groups is 2. The second-order valence-corrected chi connectivity index (χ2v) is 10.8. The second-order valence-electron chi connectivity index (χ2n) is 10.3. The first-order chi connectivity index (χ1) is 17.6. The summed E-state index contributed by atoms with van der Waals surface area (Å²) >= 11 is 4.27. The van der Waals surface area contributed by atoms with Gasteiger partial charge >= 0.3 is 6.09 Å². The van der Waals surface area contributed by atoms with Crippen LogP contribution in [-0.4, -0.2) is 47.7 Å². The minimum atomic E-state index is -0.925. The van der Waals surface area contributed by atoms with Crippen molar-refractivity contribution in [2.24, 2.45) is 11.7 Å². The van der Waals surface area contributed by atoms with E-state index in [2.05, 4.69) is 29.7 Å². The number of rotatable bonds is 5. The number of nitrogens with zero attached hydrogens (tertiary/aromatic N) is 2. The summed E-state index contributed by atoms with van der Waals surface area (Å²) in [5, 5.41) is 12.4. The molecule has 4 rings (SSSR count). The highest BCUT2D eigenvalue weighted by atomic mass is 32.1. The van der Waals surface area contributed by atoms with Crippen molar-refractivity contribution in [2.75, 3.05) is 7.05 Å². The Kier molecular flexibility index (Phi) is 9.21. The smallest absolute Gasteiger partial charge is 0.411 e. The fraction of sp³-hybridized carbons (Fsp3) is 0.464. The van der Waals surface area contributed by atoms with Crippen LogP contribution in [0.2, 0.25) is 0 Å². The lowest BCUT2D eigenvalue weighted by atomic mass is 9.97. The number of carbonyl (C=O) groups excluding carboxylic acids is 2. The number of amides is 2. The molecule has 1 aliphatic carbocycles. The highest BCUT2D eigenvalue weighted by Crippen LogP contribution is 2.43. The van der Waals surface area contributed by atoms with Crippen molar-refractivity contribution in [3.05, 3.63) is 53.8 Å². The van der Waals surface area contributed by atoms with Crippen LogP contribution in [0.4, 0.5) is 9.18 Å². The molecule has 0 spiro atoms. The standard InChI is InChI=1S/C27H30FN3O3S.CH5N/c1-27(2,3)34-26(33)31-21-9-6-19(13-21)24(31)25(32)30-20(15-29)12-18-5-4-17(14-23(18)28)16-7-10-22(35)11-8-16;1-2/h4-5,7-8,10-11,14,19-21,24,35H,6,9,12-13H2,1-3H3,(H,30,32);2H2,1H3/t19?,20?,21?,24-;/m0./s1. The maximum absolute atomic E-state index is 14.9. The van der Waals surface area contributed by atoms with E-state index in [9.17, 15) is 19.2 Å². The van der Waals surface area contributed by atoms with Crippen molar-refractivity contribution in [1.29, 1.82) is 5.26 Å². The lowest BCUT2D eigenvalue weighted by Crippen LogP contribution is -2.55. The highest BCUT2D eigenvalue weighted by Gasteiger charge is 2.52. The Balaban J connectivity index is 0.00000186. The molecule has 3 N–H and O–H groups in total. The molecule has 198 valence electrons.